The fourth-order valence-corrected chi connectivity index (χ4v) is 2.63. The summed E-state index contributed by atoms with van der Waals surface area (Å²) in [5, 5.41) is 6.80. The molecule has 0 saturated heterocycles. The summed E-state index contributed by atoms with van der Waals surface area (Å²) in [5.74, 6) is 2.60. The van der Waals surface area contributed by atoms with Crippen LogP contribution in [0, 0.1) is 5.92 Å². The second-order valence-electron chi connectivity index (χ2n) is 7.50. The minimum Gasteiger partial charge on any atom is -0.493 e. The van der Waals surface area contributed by atoms with Crippen molar-refractivity contribution in [2.45, 2.75) is 52.1 Å². The van der Waals surface area contributed by atoms with E-state index in [9.17, 15) is 0 Å². The molecule has 0 unspecified atom stereocenters. The van der Waals surface area contributed by atoms with Crippen LogP contribution in [0.4, 0.5) is 0 Å². The van der Waals surface area contributed by atoms with Gasteiger partial charge in [0, 0.05) is 31.7 Å². The van der Waals surface area contributed by atoms with Gasteiger partial charge in [0.15, 0.2) is 5.96 Å². The second kappa shape index (κ2) is 13.2. The molecule has 0 amide bonds. The van der Waals surface area contributed by atoms with Gasteiger partial charge in [-0.3, -0.25) is 4.99 Å². The highest BCUT2D eigenvalue weighted by atomic mass is 127. The highest BCUT2D eigenvalue weighted by Gasteiger charge is 2.22. The van der Waals surface area contributed by atoms with Crippen molar-refractivity contribution in [3.05, 3.63) is 29.8 Å². The zero-order chi connectivity index (χ0) is 18.8. The van der Waals surface area contributed by atoms with Crippen LogP contribution in [0.25, 0.3) is 0 Å². The lowest BCUT2D eigenvalue weighted by Gasteiger charge is -2.20. The number of hydrogen-bond donors (Lipinski definition) is 2. The van der Waals surface area contributed by atoms with E-state index in [1.165, 1.54) is 24.8 Å². The van der Waals surface area contributed by atoms with Crippen LogP contribution >= 0.6 is 24.0 Å². The van der Waals surface area contributed by atoms with E-state index < -0.39 is 0 Å². The molecule has 1 aliphatic rings. The summed E-state index contributed by atoms with van der Waals surface area (Å²) < 4.78 is 5.98. The van der Waals surface area contributed by atoms with E-state index in [0.717, 1.165) is 50.3 Å². The summed E-state index contributed by atoms with van der Waals surface area (Å²) in [6, 6.07) is 8.88. The standard InChI is InChI=1S/C21H36N4O.HI/c1-17(2)25(4)14-8-7-13-23-21(22-3)24-15-19-9-5-6-10-20(19)26-16-18-11-12-18;/h5-6,9-10,17-18H,7-8,11-16H2,1-4H3,(H2,22,23,24);1H. The summed E-state index contributed by atoms with van der Waals surface area (Å²) in [7, 11) is 4.00. The lowest BCUT2D eigenvalue weighted by molar-refractivity contribution is 0.268. The van der Waals surface area contributed by atoms with Gasteiger partial charge in [-0.2, -0.15) is 0 Å². The number of unbranched alkanes of at least 4 members (excludes halogenated alkanes) is 1. The van der Waals surface area contributed by atoms with Gasteiger partial charge in [0.2, 0.25) is 0 Å². The van der Waals surface area contributed by atoms with Crippen molar-refractivity contribution in [2.75, 3.05) is 33.8 Å². The number of hydrogen-bond acceptors (Lipinski definition) is 3. The van der Waals surface area contributed by atoms with Gasteiger partial charge in [-0.15, -0.1) is 24.0 Å². The fourth-order valence-electron chi connectivity index (χ4n) is 2.63. The molecular weight excluding hydrogens is 451 g/mol. The average molecular weight is 488 g/mol. The zero-order valence-corrected chi connectivity index (χ0v) is 19.7. The summed E-state index contributed by atoms with van der Waals surface area (Å²) in [4.78, 5) is 6.70. The Hall–Kier alpha value is -1.02. The van der Waals surface area contributed by atoms with Crippen LogP contribution in [-0.2, 0) is 6.54 Å². The van der Waals surface area contributed by atoms with Crippen LogP contribution in [0.5, 0.6) is 5.75 Å². The SMILES string of the molecule is CN=C(NCCCCN(C)C(C)C)NCc1ccccc1OCC1CC1.I. The van der Waals surface area contributed by atoms with Gasteiger partial charge < -0.3 is 20.3 Å². The zero-order valence-electron chi connectivity index (χ0n) is 17.3. The van der Waals surface area contributed by atoms with Gasteiger partial charge in [0.25, 0.3) is 0 Å². The summed E-state index contributed by atoms with van der Waals surface area (Å²) in [6.45, 7) is 8.10. The van der Waals surface area contributed by atoms with Crippen molar-refractivity contribution < 1.29 is 4.74 Å². The number of nitrogens with one attached hydrogen (secondary N) is 2. The molecule has 0 aromatic heterocycles. The number of nitrogens with zero attached hydrogens (tertiary/aromatic N) is 2. The first-order valence-electron chi connectivity index (χ1n) is 9.95. The van der Waals surface area contributed by atoms with Crippen molar-refractivity contribution in [2.24, 2.45) is 10.9 Å². The molecule has 0 heterocycles. The molecule has 154 valence electrons. The van der Waals surface area contributed by atoms with E-state index >= 15 is 0 Å². The predicted octanol–water partition coefficient (Wildman–Crippen LogP) is 3.88. The predicted molar refractivity (Wildman–Crippen MR) is 125 cm³/mol. The first kappa shape index (κ1) is 24.0. The van der Waals surface area contributed by atoms with Crippen LogP contribution in [-0.4, -0.2) is 50.7 Å². The summed E-state index contributed by atoms with van der Waals surface area (Å²) in [5.41, 5.74) is 1.18. The molecule has 1 aromatic carbocycles. The maximum Gasteiger partial charge on any atom is 0.191 e. The largest absolute Gasteiger partial charge is 0.493 e. The van der Waals surface area contributed by atoms with E-state index in [-0.39, 0.29) is 24.0 Å². The number of para-hydroxylation sites is 1. The third-order valence-corrected chi connectivity index (χ3v) is 4.93. The molecule has 1 aliphatic carbocycles. The van der Waals surface area contributed by atoms with Crippen LogP contribution in [0.1, 0.15) is 45.1 Å². The summed E-state index contributed by atoms with van der Waals surface area (Å²) in [6.07, 6.45) is 4.95. The first-order chi connectivity index (χ1) is 12.6. The molecule has 1 fully saturated rings. The Morgan fingerprint density at radius 3 is 2.63 bits per heavy atom. The Kier molecular flexibility index (Phi) is 11.7. The first-order valence-corrected chi connectivity index (χ1v) is 9.95. The number of benzene rings is 1. The number of guanidine groups is 1. The van der Waals surface area contributed by atoms with Gasteiger partial charge >= 0.3 is 0 Å². The van der Waals surface area contributed by atoms with E-state index in [4.69, 9.17) is 4.74 Å². The maximum absolute atomic E-state index is 5.98. The Labute approximate surface area is 182 Å². The molecule has 1 aromatic rings. The molecule has 5 nitrogen and oxygen atoms in total. The molecule has 0 aliphatic heterocycles. The number of ether oxygens (including phenoxy) is 1. The van der Waals surface area contributed by atoms with Gasteiger partial charge in [0.1, 0.15) is 5.75 Å². The second-order valence-corrected chi connectivity index (χ2v) is 7.50. The molecule has 0 atom stereocenters. The van der Waals surface area contributed by atoms with Crippen molar-refractivity contribution in [3.8, 4) is 5.75 Å². The molecule has 6 heteroatoms. The van der Waals surface area contributed by atoms with Gasteiger partial charge in [-0.05, 0) is 65.1 Å². The molecular formula is C21H37IN4O. The van der Waals surface area contributed by atoms with E-state index in [0.29, 0.717) is 6.04 Å². The normalized spacial score (nSPS) is 14.2. The minimum atomic E-state index is 0. The van der Waals surface area contributed by atoms with Crippen molar-refractivity contribution in [3.63, 3.8) is 0 Å². The van der Waals surface area contributed by atoms with Crippen LogP contribution in [0.15, 0.2) is 29.3 Å². The van der Waals surface area contributed by atoms with Crippen LogP contribution in [0.3, 0.4) is 0 Å². The lowest BCUT2D eigenvalue weighted by atomic mass is 10.2. The van der Waals surface area contributed by atoms with E-state index in [2.05, 4.69) is 59.6 Å². The molecule has 2 N–H and O–H groups in total. The topological polar surface area (TPSA) is 48.9 Å². The molecule has 0 radical (unpaired) electrons. The minimum absolute atomic E-state index is 0. The Morgan fingerprint density at radius 2 is 1.96 bits per heavy atom. The van der Waals surface area contributed by atoms with E-state index in [1.807, 2.05) is 13.1 Å². The van der Waals surface area contributed by atoms with Gasteiger partial charge in [-0.25, -0.2) is 0 Å². The van der Waals surface area contributed by atoms with Crippen molar-refractivity contribution >= 4 is 29.9 Å². The Bertz CT molecular complexity index is 561. The molecule has 1 saturated carbocycles. The highest BCUT2D eigenvalue weighted by molar-refractivity contribution is 14.0. The van der Waals surface area contributed by atoms with Crippen molar-refractivity contribution in [1.82, 2.24) is 15.5 Å². The van der Waals surface area contributed by atoms with E-state index in [1.54, 1.807) is 0 Å². The number of aliphatic imine (C=N–C) groups is 1. The number of rotatable bonds is 11. The molecule has 2 rings (SSSR count). The lowest BCUT2D eigenvalue weighted by Crippen LogP contribution is -2.37. The summed E-state index contributed by atoms with van der Waals surface area (Å²) >= 11 is 0. The molecule has 0 spiro atoms. The van der Waals surface area contributed by atoms with Crippen LogP contribution < -0.4 is 15.4 Å². The monoisotopic (exact) mass is 488 g/mol. The highest BCUT2D eigenvalue weighted by Crippen LogP contribution is 2.30. The Morgan fingerprint density at radius 1 is 1.22 bits per heavy atom. The van der Waals surface area contributed by atoms with Gasteiger partial charge in [0.05, 0.1) is 6.61 Å². The Balaban J connectivity index is 0.00000364. The smallest absolute Gasteiger partial charge is 0.191 e. The number of halogens is 1. The quantitative estimate of drug-likeness (QED) is 0.215. The average Bonchev–Trinajstić information content (AvgIpc) is 3.47. The van der Waals surface area contributed by atoms with Gasteiger partial charge in [-0.1, -0.05) is 18.2 Å². The van der Waals surface area contributed by atoms with Crippen molar-refractivity contribution in [1.29, 1.82) is 0 Å². The molecule has 27 heavy (non-hydrogen) atoms. The fraction of sp³-hybridized carbons (Fsp3) is 0.667. The third-order valence-electron chi connectivity index (χ3n) is 4.93. The van der Waals surface area contributed by atoms with Crippen LogP contribution in [0.2, 0.25) is 0 Å². The third kappa shape index (κ3) is 9.65. The maximum atomic E-state index is 5.98. The molecule has 0 bridgehead atoms.